The summed E-state index contributed by atoms with van der Waals surface area (Å²) in [4.78, 5) is 22.4. The minimum atomic E-state index is -0.165. The summed E-state index contributed by atoms with van der Waals surface area (Å²) in [7, 11) is 3.98. The maximum absolute atomic E-state index is 13.6. The zero-order valence-corrected chi connectivity index (χ0v) is 24.7. The Morgan fingerprint density at radius 3 is 2.40 bits per heavy atom. The summed E-state index contributed by atoms with van der Waals surface area (Å²) in [6.07, 6.45) is 3.91. The van der Waals surface area contributed by atoms with E-state index in [1.54, 1.807) is 16.0 Å². The van der Waals surface area contributed by atoms with Crippen LogP contribution in [0, 0.1) is 6.92 Å². The van der Waals surface area contributed by atoms with Crippen LogP contribution < -0.4 is 15.3 Å². The Morgan fingerprint density at radius 1 is 0.925 bits per heavy atom. The van der Waals surface area contributed by atoms with Gasteiger partial charge in [-0.25, -0.2) is 14.4 Å². The van der Waals surface area contributed by atoms with Gasteiger partial charge in [-0.15, -0.1) is 22.7 Å². The minimum Gasteiger partial charge on any atom is -0.347 e. The van der Waals surface area contributed by atoms with Crippen LogP contribution in [0.5, 0.6) is 0 Å². The number of para-hydroxylation sites is 2. The molecule has 0 unspecified atom stereocenters. The number of rotatable bonds is 5. The Morgan fingerprint density at radius 2 is 1.68 bits per heavy atom. The first-order valence-electron chi connectivity index (χ1n) is 13.0. The predicted molar refractivity (Wildman–Crippen MR) is 166 cm³/mol. The van der Waals surface area contributed by atoms with E-state index < -0.39 is 0 Å². The maximum atomic E-state index is 13.6. The molecule has 202 valence electrons. The van der Waals surface area contributed by atoms with E-state index in [0.717, 1.165) is 27.6 Å². The molecule has 0 saturated carbocycles. The molecule has 0 amide bonds. The number of nitrogens with zero attached hydrogens (tertiary/aromatic N) is 6. The zero-order chi connectivity index (χ0) is 28.0. The fourth-order valence-electron chi connectivity index (χ4n) is 5.33. The van der Waals surface area contributed by atoms with Crippen molar-refractivity contribution in [3.05, 3.63) is 116 Å². The molecule has 0 aliphatic carbocycles. The van der Waals surface area contributed by atoms with E-state index in [4.69, 9.17) is 10.1 Å². The van der Waals surface area contributed by atoms with Crippen molar-refractivity contribution in [1.82, 2.24) is 14.0 Å². The van der Waals surface area contributed by atoms with Crippen LogP contribution in [0.3, 0.4) is 0 Å². The molecule has 7 nitrogen and oxygen atoms in total. The molecule has 0 bridgehead atoms. The van der Waals surface area contributed by atoms with Crippen molar-refractivity contribution < 1.29 is 0 Å². The monoisotopic (exact) mass is 566 g/mol. The first kappa shape index (κ1) is 26.0. The molecule has 40 heavy (non-hydrogen) atoms. The lowest BCUT2D eigenvalue weighted by Crippen LogP contribution is -2.23. The highest BCUT2D eigenvalue weighted by Crippen LogP contribution is 2.46. The fourth-order valence-corrected chi connectivity index (χ4v) is 6.97. The van der Waals surface area contributed by atoms with Gasteiger partial charge in [0.1, 0.15) is 0 Å². The van der Waals surface area contributed by atoms with Gasteiger partial charge in [0, 0.05) is 42.5 Å². The van der Waals surface area contributed by atoms with Crippen molar-refractivity contribution in [3.63, 3.8) is 0 Å². The van der Waals surface area contributed by atoms with Gasteiger partial charge >= 0.3 is 0 Å². The molecule has 0 atom stereocenters. The summed E-state index contributed by atoms with van der Waals surface area (Å²) in [5.74, 6) is 0. The third kappa shape index (κ3) is 4.22. The number of thiazole rings is 1. The number of aromatic nitrogens is 3. The molecule has 0 radical (unpaired) electrons. The normalized spacial score (nSPS) is 16.0. The Hall–Kier alpha value is -4.21. The van der Waals surface area contributed by atoms with Gasteiger partial charge in [0.15, 0.2) is 5.69 Å². The van der Waals surface area contributed by atoms with E-state index in [2.05, 4.69) is 62.2 Å². The molecule has 1 aliphatic heterocycles. The van der Waals surface area contributed by atoms with Crippen LogP contribution in [0.15, 0.2) is 104 Å². The van der Waals surface area contributed by atoms with Crippen molar-refractivity contribution in [1.29, 1.82) is 0 Å². The molecule has 0 N–H and O–H groups in total. The summed E-state index contributed by atoms with van der Waals surface area (Å²) in [6.45, 7) is 6.39. The van der Waals surface area contributed by atoms with Crippen LogP contribution in [-0.4, -0.2) is 27.3 Å². The van der Waals surface area contributed by atoms with E-state index in [1.807, 2.05) is 76.7 Å². The quantitative estimate of drug-likeness (QED) is 0.230. The maximum Gasteiger partial charge on any atom is 0.297 e. The topological polar surface area (TPSA) is 59.8 Å². The molecule has 0 fully saturated rings. The second-order valence-corrected chi connectivity index (χ2v) is 12.0. The molecule has 3 aromatic heterocycles. The SMILES string of the molecule is Cc1c(N=c2scc(-c3cccs3)n2N=CC=C2N(C)c3ccccc3C2(C)C)c(=O)n(-c2ccccc2)n1C. The van der Waals surface area contributed by atoms with Crippen LogP contribution in [0.4, 0.5) is 11.4 Å². The largest absolute Gasteiger partial charge is 0.347 e. The van der Waals surface area contributed by atoms with Crippen LogP contribution in [0.25, 0.3) is 16.3 Å². The van der Waals surface area contributed by atoms with Gasteiger partial charge in [-0.1, -0.05) is 56.3 Å². The lowest BCUT2D eigenvalue weighted by Gasteiger charge is -2.23. The summed E-state index contributed by atoms with van der Waals surface area (Å²) in [6, 6.07) is 22.2. The van der Waals surface area contributed by atoms with Gasteiger partial charge in [-0.2, -0.15) is 5.10 Å². The average Bonchev–Trinajstić information content (AvgIpc) is 3.71. The van der Waals surface area contributed by atoms with Crippen molar-refractivity contribution in [2.45, 2.75) is 26.2 Å². The second-order valence-electron chi connectivity index (χ2n) is 10.2. The van der Waals surface area contributed by atoms with Crippen molar-refractivity contribution >= 4 is 40.3 Å². The highest BCUT2D eigenvalue weighted by molar-refractivity contribution is 7.14. The number of hydrogen-bond donors (Lipinski definition) is 0. The first-order valence-corrected chi connectivity index (χ1v) is 14.8. The summed E-state index contributed by atoms with van der Waals surface area (Å²) in [5.41, 5.74) is 6.27. The molecule has 9 heteroatoms. The number of hydrogen-bond acceptors (Lipinski definition) is 6. The number of fused-ring (bicyclic) bond motifs is 1. The smallest absolute Gasteiger partial charge is 0.297 e. The van der Waals surface area contributed by atoms with E-state index in [0.29, 0.717) is 10.5 Å². The molecule has 6 rings (SSSR count). The molecule has 5 aromatic rings. The highest BCUT2D eigenvalue weighted by Gasteiger charge is 2.37. The molecule has 0 saturated heterocycles. The lowest BCUT2D eigenvalue weighted by atomic mass is 9.84. The van der Waals surface area contributed by atoms with E-state index in [-0.39, 0.29) is 11.0 Å². The number of benzene rings is 2. The number of allylic oxidation sites excluding steroid dienone is 2. The van der Waals surface area contributed by atoms with Gasteiger partial charge < -0.3 is 4.90 Å². The second kappa shape index (κ2) is 10.1. The van der Waals surface area contributed by atoms with E-state index in [1.165, 1.54) is 22.6 Å². The van der Waals surface area contributed by atoms with Crippen molar-refractivity contribution in [2.75, 3.05) is 11.9 Å². The lowest BCUT2D eigenvalue weighted by molar-refractivity contribution is 0.630. The number of anilines is 1. The van der Waals surface area contributed by atoms with Gasteiger partial charge in [0.2, 0.25) is 4.80 Å². The Balaban J connectivity index is 1.47. The Kier molecular flexibility index (Phi) is 6.56. The van der Waals surface area contributed by atoms with Gasteiger partial charge in [0.05, 0.1) is 22.0 Å². The third-order valence-corrected chi connectivity index (χ3v) is 9.25. The molecule has 1 aliphatic rings. The molecule has 0 spiro atoms. The first-order chi connectivity index (χ1) is 19.3. The average molecular weight is 567 g/mol. The van der Waals surface area contributed by atoms with Crippen LogP contribution >= 0.6 is 22.7 Å². The van der Waals surface area contributed by atoms with E-state index in [9.17, 15) is 4.79 Å². The molecule has 4 heterocycles. The Bertz CT molecular complexity index is 1880. The summed E-state index contributed by atoms with van der Waals surface area (Å²) < 4.78 is 5.33. The van der Waals surface area contributed by atoms with Crippen molar-refractivity contribution in [3.8, 4) is 16.3 Å². The van der Waals surface area contributed by atoms with Gasteiger partial charge in [0.25, 0.3) is 5.56 Å². The number of thiophene rings is 1. The standard InChI is InChI=1S/C31H30N6OS2/c1-21-28(29(38)37(35(21)5)22-12-7-6-8-13-22)33-30-36(25(20-40-30)26-16-11-19-39-26)32-18-17-27-31(2,3)23-14-9-10-15-24(23)34(27)4/h6-20H,1-5H3. The van der Waals surface area contributed by atoms with Crippen LogP contribution in [-0.2, 0) is 12.5 Å². The minimum absolute atomic E-state index is 0.149. The van der Waals surface area contributed by atoms with Crippen molar-refractivity contribution in [2.24, 2.45) is 17.1 Å². The van der Waals surface area contributed by atoms with E-state index >= 15 is 0 Å². The zero-order valence-electron chi connectivity index (χ0n) is 23.1. The molecular formula is C31H30N6OS2. The highest BCUT2D eigenvalue weighted by atomic mass is 32.1. The number of likely N-dealkylation sites (N-methyl/N-ethyl adjacent to an activating group) is 1. The van der Waals surface area contributed by atoms with Crippen LogP contribution in [0.2, 0.25) is 0 Å². The summed E-state index contributed by atoms with van der Waals surface area (Å²) >= 11 is 3.12. The van der Waals surface area contributed by atoms with Crippen LogP contribution in [0.1, 0.15) is 25.1 Å². The van der Waals surface area contributed by atoms with Gasteiger partial charge in [-0.3, -0.25) is 9.48 Å². The third-order valence-electron chi connectivity index (χ3n) is 7.55. The molecular weight excluding hydrogens is 537 g/mol. The predicted octanol–water partition coefficient (Wildman–Crippen LogP) is 6.45. The fraction of sp³-hybridized carbons (Fsp3) is 0.194. The molecule has 2 aromatic carbocycles. The van der Waals surface area contributed by atoms with Gasteiger partial charge in [-0.05, 0) is 48.2 Å². The summed E-state index contributed by atoms with van der Waals surface area (Å²) in [5, 5.41) is 8.98. The Labute approximate surface area is 240 Å².